The molecule has 7 nitrogen and oxygen atoms in total. The molecule has 0 saturated heterocycles. The van der Waals surface area contributed by atoms with Crippen molar-refractivity contribution in [2.45, 2.75) is 38.5 Å². The molecule has 0 atom stereocenters. The van der Waals surface area contributed by atoms with Crippen molar-refractivity contribution < 1.29 is 18.7 Å². The zero-order valence-corrected chi connectivity index (χ0v) is 19.5. The lowest BCUT2D eigenvalue weighted by atomic mass is 9.93. The highest BCUT2D eigenvalue weighted by Gasteiger charge is 2.32. The number of hydrogen-bond acceptors (Lipinski definition) is 6. The number of carbonyl (C=O) groups is 2. The number of methoxy groups -OCH3 is 1. The van der Waals surface area contributed by atoms with Gasteiger partial charge in [-0.1, -0.05) is 18.2 Å². The van der Waals surface area contributed by atoms with Crippen LogP contribution >= 0.6 is 11.3 Å². The van der Waals surface area contributed by atoms with Gasteiger partial charge < -0.3 is 14.5 Å². The average Bonchev–Trinajstić information content (AvgIpc) is 3.58. The first kappa shape index (κ1) is 20.9. The van der Waals surface area contributed by atoms with Crippen molar-refractivity contribution in [2.24, 2.45) is 0 Å². The summed E-state index contributed by atoms with van der Waals surface area (Å²) in [6.45, 7) is 0. The molecule has 3 heterocycles. The van der Waals surface area contributed by atoms with Crippen molar-refractivity contribution in [2.75, 3.05) is 12.4 Å². The van der Waals surface area contributed by atoms with Crippen LogP contribution in [0.25, 0.3) is 16.9 Å². The van der Waals surface area contributed by atoms with Crippen LogP contribution in [0, 0.1) is 0 Å². The average molecular weight is 474 g/mol. The Balaban J connectivity index is 1.44. The van der Waals surface area contributed by atoms with Gasteiger partial charge >= 0.3 is 5.97 Å². The number of carbonyl (C=O) groups excluding carboxylic acids is 2. The van der Waals surface area contributed by atoms with E-state index in [1.807, 2.05) is 41.1 Å². The van der Waals surface area contributed by atoms with E-state index in [4.69, 9.17) is 14.3 Å². The monoisotopic (exact) mass is 473 g/mol. The lowest BCUT2D eigenvalue weighted by molar-refractivity contribution is 0.0601. The molecular formula is C26H23N3O4S. The number of aryl methyl sites for hydroxylation is 2. The van der Waals surface area contributed by atoms with Gasteiger partial charge in [0.05, 0.1) is 30.3 Å². The second-order valence-corrected chi connectivity index (χ2v) is 9.65. The van der Waals surface area contributed by atoms with E-state index >= 15 is 0 Å². The molecule has 1 aromatic carbocycles. The second kappa shape index (κ2) is 8.29. The number of thiophene rings is 1. The van der Waals surface area contributed by atoms with Gasteiger partial charge in [0.25, 0.3) is 5.91 Å². The number of esters is 1. The normalized spacial score (nSPS) is 14.1. The Morgan fingerprint density at radius 1 is 1.06 bits per heavy atom. The minimum absolute atomic E-state index is 0.318. The van der Waals surface area contributed by atoms with Crippen LogP contribution in [-0.2, 0) is 30.4 Å². The fraction of sp³-hybridized carbons (Fsp3) is 0.269. The molecule has 2 aliphatic carbocycles. The Bertz CT molecular complexity index is 1410. The van der Waals surface area contributed by atoms with Crippen molar-refractivity contribution in [3.8, 4) is 16.9 Å². The molecule has 2 aliphatic rings. The minimum Gasteiger partial charge on any atom is -0.469 e. The van der Waals surface area contributed by atoms with Gasteiger partial charge in [-0.05, 0) is 55.9 Å². The Morgan fingerprint density at radius 2 is 1.88 bits per heavy atom. The molecule has 0 unspecified atom stereocenters. The Labute approximate surface area is 200 Å². The molecule has 0 bridgehead atoms. The molecule has 1 N–H and O–H groups in total. The van der Waals surface area contributed by atoms with Crippen LogP contribution in [0.1, 0.15) is 55.5 Å². The van der Waals surface area contributed by atoms with Crippen molar-refractivity contribution in [1.82, 2.24) is 9.78 Å². The van der Waals surface area contributed by atoms with Gasteiger partial charge in [-0.3, -0.25) is 4.79 Å². The number of ether oxygens (including phenoxy) is 1. The molecule has 6 rings (SSSR count). The van der Waals surface area contributed by atoms with Gasteiger partial charge in [0.15, 0.2) is 5.69 Å². The number of anilines is 1. The minimum atomic E-state index is -0.408. The largest absolute Gasteiger partial charge is 0.469 e. The predicted octanol–water partition coefficient (Wildman–Crippen LogP) is 5.21. The van der Waals surface area contributed by atoms with E-state index in [0.29, 0.717) is 29.1 Å². The summed E-state index contributed by atoms with van der Waals surface area (Å²) in [5.41, 5.74) is 5.46. The predicted molar refractivity (Wildman–Crippen MR) is 129 cm³/mol. The lowest BCUT2D eigenvalue weighted by Gasteiger charge is -2.14. The summed E-state index contributed by atoms with van der Waals surface area (Å²) in [6, 6.07) is 11.7. The van der Waals surface area contributed by atoms with Crippen LogP contribution in [0.4, 0.5) is 5.00 Å². The molecule has 3 aromatic heterocycles. The zero-order chi connectivity index (χ0) is 23.2. The summed E-state index contributed by atoms with van der Waals surface area (Å²) in [4.78, 5) is 27.4. The molecule has 0 saturated carbocycles. The van der Waals surface area contributed by atoms with E-state index in [9.17, 15) is 9.59 Å². The standard InChI is InChI=1S/C26H23N3O4S/c1-32-26(31)21-17-9-5-6-10-20(17)34-25(21)27-24(30)22-18-11-12-19-16(13-14-33-19)23(18)29(28-22)15-7-3-2-4-8-15/h2-4,7-8,13-14H,5-6,9-12H2,1H3,(H,27,30). The van der Waals surface area contributed by atoms with Crippen LogP contribution in [0.2, 0.25) is 0 Å². The first-order valence-electron chi connectivity index (χ1n) is 11.4. The van der Waals surface area contributed by atoms with E-state index in [2.05, 4.69) is 5.32 Å². The smallest absolute Gasteiger partial charge is 0.341 e. The number of benzene rings is 1. The van der Waals surface area contributed by atoms with Crippen molar-refractivity contribution in [1.29, 1.82) is 0 Å². The van der Waals surface area contributed by atoms with E-state index in [1.54, 1.807) is 6.26 Å². The van der Waals surface area contributed by atoms with Crippen molar-refractivity contribution >= 4 is 28.2 Å². The van der Waals surface area contributed by atoms with Crippen molar-refractivity contribution in [3.63, 3.8) is 0 Å². The summed E-state index contributed by atoms with van der Waals surface area (Å²) < 4.78 is 12.6. The zero-order valence-electron chi connectivity index (χ0n) is 18.7. The molecule has 8 heteroatoms. The number of nitrogens with zero attached hydrogens (tertiary/aromatic N) is 2. The van der Waals surface area contributed by atoms with Gasteiger partial charge in [-0.15, -0.1) is 11.3 Å². The molecule has 1 amide bonds. The molecule has 4 aromatic rings. The molecule has 0 spiro atoms. The number of para-hydroxylation sites is 1. The van der Waals surface area contributed by atoms with E-state index in [1.165, 1.54) is 18.4 Å². The summed E-state index contributed by atoms with van der Waals surface area (Å²) in [7, 11) is 1.38. The van der Waals surface area contributed by atoms with Crippen LogP contribution in [0.3, 0.4) is 0 Å². The number of amides is 1. The Morgan fingerprint density at radius 3 is 2.71 bits per heavy atom. The third-order valence-electron chi connectivity index (χ3n) is 6.59. The van der Waals surface area contributed by atoms with Crippen LogP contribution in [-0.4, -0.2) is 28.8 Å². The fourth-order valence-corrected chi connectivity index (χ4v) is 6.29. The van der Waals surface area contributed by atoms with Gasteiger partial charge in [0, 0.05) is 22.4 Å². The quantitative estimate of drug-likeness (QED) is 0.411. The molecule has 0 aliphatic heterocycles. The maximum atomic E-state index is 13.6. The number of furan rings is 1. The molecule has 0 radical (unpaired) electrons. The van der Waals surface area contributed by atoms with Crippen LogP contribution in [0.15, 0.2) is 47.1 Å². The highest BCUT2D eigenvalue weighted by Crippen LogP contribution is 2.40. The Hall–Kier alpha value is -3.65. The van der Waals surface area contributed by atoms with E-state index < -0.39 is 5.97 Å². The first-order chi connectivity index (χ1) is 16.7. The molecule has 172 valence electrons. The van der Waals surface area contributed by atoms with Gasteiger partial charge in [-0.25, -0.2) is 9.48 Å². The van der Waals surface area contributed by atoms with Gasteiger partial charge in [0.2, 0.25) is 0 Å². The number of fused-ring (bicyclic) bond motifs is 4. The third-order valence-corrected chi connectivity index (χ3v) is 7.80. The summed E-state index contributed by atoms with van der Waals surface area (Å²) in [6.07, 6.45) is 6.90. The van der Waals surface area contributed by atoms with E-state index in [0.717, 1.165) is 64.4 Å². The molecular weight excluding hydrogens is 450 g/mol. The highest BCUT2D eigenvalue weighted by atomic mass is 32.1. The maximum Gasteiger partial charge on any atom is 0.341 e. The van der Waals surface area contributed by atoms with Gasteiger partial charge in [-0.2, -0.15) is 5.10 Å². The van der Waals surface area contributed by atoms with Crippen molar-refractivity contribution in [3.05, 3.63) is 75.7 Å². The fourth-order valence-electron chi connectivity index (χ4n) is 5.02. The SMILES string of the molecule is COC(=O)c1c(NC(=O)c2nn(-c3ccccc3)c3c2CCc2occc2-3)sc2c1CCCC2. The maximum absolute atomic E-state index is 13.6. The van der Waals surface area contributed by atoms with Crippen LogP contribution < -0.4 is 5.32 Å². The number of nitrogens with one attached hydrogen (secondary N) is 1. The molecule has 34 heavy (non-hydrogen) atoms. The Kier molecular flexibility index (Phi) is 5.10. The topological polar surface area (TPSA) is 86.4 Å². The number of aromatic nitrogens is 2. The number of rotatable bonds is 4. The highest BCUT2D eigenvalue weighted by molar-refractivity contribution is 7.17. The lowest BCUT2D eigenvalue weighted by Crippen LogP contribution is -2.17. The molecule has 0 fully saturated rings. The van der Waals surface area contributed by atoms with Crippen LogP contribution in [0.5, 0.6) is 0 Å². The van der Waals surface area contributed by atoms with Gasteiger partial charge in [0.1, 0.15) is 10.8 Å². The number of hydrogen-bond donors (Lipinski definition) is 1. The first-order valence-corrected chi connectivity index (χ1v) is 12.3. The third kappa shape index (κ3) is 3.28. The summed E-state index contributed by atoms with van der Waals surface area (Å²) in [5, 5.41) is 8.32. The van der Waals surface area contributed by atoms with E-state index in [-0.39, 0.29) is 5.91 Å². The summed E-state index contributed by atoms with van der Waals surface area (Å²) >= 11 is 1.48. The summed E-state index contributed by atoms with van der Waals surface area (Å²) in [5.74, 6) is 0.173. The second-order valence-electron chi connectivity index (χ2n) is 8.54.